The number of sulfonamides is 1. The van der Waals surface area contributed by atoms with Gasteiger partial charge in [-0.3, -0.25) is 13.7 Å². The predicted molar refractivity (Wildman–Crippen MR) is 112 cm³/mol. The Kier molecular flexibility index (Phi) is 5.93. The highest BCUT2D eigenvalue weighted by atomic mass is 32.2. The fourth-order valence-corrected chi connectivity index (χ4v) is 4.63. The summed E-state index contributed by atoms with van der Waals surface area (Å²) in [5, 5.41) is 0.514. The van der Waals surface area contributed by atoms with E-state index in [1.807, 2.05) is 0 Å². The van der Waals surface area contributed by atoms with E-state index in [9.17, 15) is 22.4 Å². The molecule has 3 aromatic rings. The molecule has 0 aliphatic heterocycles. The number of nitrogens with zero attached hydrogens (tertiary/aromatic N) is 2. The molecule has 1 heterocycles. The Labute approximate surface area is 173 Å². The molecule has 1 atom stereocenters. The van der Waals surface area contributed by atoms with Crippen molar-refractivity contribution in [2.75, 3.05) is 17.7 Å². The first-order chi connectivity index (χ1) is 14.2. The molecule has 2 aromatic carbocycles. The number of hydrogen-bond donors (Lipinski definition) is 0. The lowest BCUT2D eigenvalue weighted by atomic mass is 10.1. The predicted octanol–water partition coefficient (Wildman–Crippen LogP) is 3.45. The summed E-state index contributed by atoms with van der Waals surface area (Å²) in [7, 11) is -2.64. The van der Waals surface area contributed by atoms with Gasteiger partial charge in [-0.15, -0.1) is 0 Å². The largest absolute Gasteiger partial charge is 0.465 e. The van der Waals surface area contributed by atoms with Crippen LogP contribution in [0.2, 0.25) is 0 Å². The first-order valence-electron chi connectivity index (χ1n) is 9.16. The number of benzene rings is 2. The Balaban J connectivity index is 2.16. The number of halogens is 1. The maximum atomic E-state index is 13.5. The van der Waals surface area contributed by atoms with E-state index in [0.29, 0.717) is 10.9 Å². The van der Waals surface area contributed by atoms with Crippen LogP contribution in [0.25, 0.3) is 10.9 Å². The second kappa shape index (κ2) is 8.27. The zero-order valence-corrected chi connectivity index (χ0v) is 17.5. The summed E-state index contributed by atoms with van der Waals surface area (Å²) in [6.07, 6.45) is 2.50. The molecule has 3 rings (SSSR count). The van der Waals surface area contributed by atoms with Crippen LogP contribution in [-0.2, 0) is 14.8 Å². The number of para-hydroxylation sites is 1. The molecule has 0 N–H and O–H groups in total. The van der Waals surface area contributed by atoms with Crippen LogP contribution in [0.1, 0.15) is 28.5 Å². The quantitative estimate of drug-likeness (QED) is 0.557. The van der Waals surface area contributed by atoms with E-state index in [1.54, 1.807) is 31.2 Å². The van der Waals surface area contributed by atoms with Crippen LogP contribution in [0.5, 0.6) is 0 Å². The van der Waals surface area contributed by atoms with E-state index in [4.69, 9.17) is 4.74 Å². The molecule has 0 fully saturated rings. The lowest BCUT2D eigenvalue weighted by Gasteiger charge is -2.30. The molecule has 30 heavy (non-hydrogen) atoms. The highest BCUT2D eigenvalue weighted by Crippen LogP contribution is 2.27. The minimum Gasteiger partial charge on any atom is -0.465 e. The number of anilines is 1. The lowest BCUT2D eigenvalue weighted by Crippen LogP contribution is -2.46. The van der Waals surface area contributed by atoms with Gasteiger partial charge in [-0.05, 0) is 36.8 Å². The molecule has 158 valence electrons. The van der Waals surface area contributed by atoms with Gasteiger partial charge in [0, 0.05) is 11.6 Å². The van der Waals surface area contributed by atoms with E-state index in [1.165, 1.54) is 30.0 Å². The molecule has 0 saturated heterocycles. The average Bonchev–Trinajstić information content (AvgIpc) is 3.10. The van der Waals surface area contributed by atoms with Gasteiger partial charge < -0.3 is 4.74 Å². The molecule has 9 heteroatoms. The molecule has 0 saturated carbocycles. The summed E-state index contributed by atoms with van der Waals surface area (Å²) in [5.74, 6) is -1.67. The lowest BCUT2D eigenvalue weighted by molar-refractivity contribution is 0.0603. The summed E-state index contributed by atoms with van der Waals surface area (Å²) >= 11 is 0. The van der Waals surface area contributed by atoms with Gasteiger partial charge in [0.15, 0.2) is 0 Å². The van der Waals surface area contributed by atoms with Gasteiger partial charge in [-0.2, -0.15) is 0 Å². The van der Waals surface area contributed by atoms with Crippen molar-refractivity contribution in [2.24, 2.45) is 0 Å². The van der Waals surface area contributed by atoms with Gasteiger partial charge in [0.1, 0.15) is 11.9 Å². The van der Waals surface area contributed by atoms with Gasteiger partial charge in [0.2, 0.25) is 10.0 Å². The SMILES string of the molecule is CCC(C(=O)n1cc(C(=O)OC)c2ccccc21)N(c1ccc(F)cc1)S(C)(=O)=O. The highest BCUT2D eigenvalue weighted by molar-refractivity contribution is 7.92. The molecular formula is C21H21FN2O5S. The Bertz CT molecular complexity index is 1200. The van der Waals surface area contributed by atoms with Crippen LogP contribution in [-0.4, -0.2) is 44.3 Å². The molecule has 1 aromatic heterocycles. The molecule has 0 bridgehead atoms. The van der Waals surface area contributed by atoms with E-state index in [-0.39, 0.29) is 17.7 Å². The third-order valence-corrected chi connectivity index (χ3v) is 5.93. The monoisotopic (exact) mass is 432 g/mol. The number of rotatable bonds is 6. The van der Waals surface area contributed by atoms with Crippen LogP contribution >= 0.6 is 0 Å². The van der Waals surface area contributed by atoms with E-state index >= 15 is 0 Å². The zero-order chi connectivity index (χ0) is 22.1. The molecule has 0 radical (unpaired) electrons. The van der Waals surface area contributed by atoms with Gasteiger partial charge >= 0.3 is 5.97 Å². The summed E-state index contributed by atoms with van der Waals surface area (Å²) in [6, 6.07) is 10.5. The second-order valence-corrected chi connectivity index (χ2v) is 8.58. The molecule has 0 spiro atoms. The van der Waals surface area contributed by atoms with Crippen LogP contribution in [0.4, 0.5) is 10.1 Å². The third kappa shape index (κ3) is 3.93. The Hall–Kier alpha value is -3.20. The normalized spacial score (nSPS) is 12.5. The van der Waals surface area contributed by atoms with Gasteiger partial charge in [-0.25, -0.2) is 17.6 Å². The fraction of sp³-hybridized carbons (Fsp3) is 0.238. The summed E-state index contributed by atoms with van der Waals surface area (Å²) in [5.41, 5.74) is 0.821. The maximum absolute atomic E-state index is 13.5. The number of hydrogen-bond acceptors (Lipinski definition) is 5. The minimum atomic E-state index is -3.88. The van der Waals surface area contributed by atoms with Crippen molar-refractivity contribution in [1.82, 2.24) is 4.57 Å². The molecule has 0 amide bonds. The van der Waals surface area contributed by atoms with Crippen LogP contribution in [0, 0.1) is 5.82 Å². The van der Waals surface area contributed by atoms with Crippen LogP contribution < -0.4 is 4.31 Å². The summed E-state index contributed by atoms with van der Waals surface area (Å²) < 4.78 is 45.5. The topological polar surface area (TPSA) is 85.7 Å². The second-order valence-electron chi connectivity index (χ2n) is 6.72. The van der Waals surface area contributed by atoms with E-state index < -0.39 is 33.8 Å². The fourth-order valence-electron chi connectivity index (χ4n) is 3.43. The first kappa shape index (κ1) is 21.5. The maximum Gasteiger partial charge on any atom is 0.340 e. The van der Waals surface area contributed by atoms with Gasteiger partial charge in [-0.1, -0.05) is 25.1 Å². The van der Waals surface area contributed by atoms with Crippen LogP contribution in [0.3, 0.4) is 0 Å². The van der Waals surface area contributed by atoms with Crippen molar-refractivity contribution >= 4 is 38.5 Å². The molecule has 0 aliphatic rings. The van der Waals surface area contributed by atoms with Gasteiger partial charge in [0.25, 0.3) is 5.91 Å². The van der Waals surface area contributed by atoms with E-state index in [2.05, 4.69) is 0 Å². The first-order valence-corrected chi connectivity index (χ1v) is 11.0. The number of carbonyl (C=O) groups excluding carboxylic acids is 2. The Morgan fingerprint density at radius 2 is 1.77 bits per heavy atom. The zero-order valence-electron chi connectivity index (χ0n) is 16.7. The standard InChI is InChI=1S/C21H21FN2O5S/c1-4-18(24(30(3,27)28)15-11-9-14(22)10-12-15)20(25)23-13-17(21(26)29-2)16-7-5-6-8-19(16)23/h5-13,18H,4H2,1-3H3. The van der Waals surface area contributed by atoms with Crippen molar-refractivity contribution in [3.05, 3.63) is 66.1 Å². The van der Waals surface area contributed by atoms with Crippen molar-refractivity contribution in [3.8, 4) is 0 Å². The minimum absolute atomic E-state index is 0.156. The smallest absolute Gasteiger partial charge is 0.340 e. The number of aromatic nitrogens is 1. The molecular weight excluding hydrogens is 411 g/mol. The van der Waals surface area contributed by atoms with Gasteiger partial charge in [0.05, 0.1) is 30.1 Å². The van der Waals surface area contributed by atoms with Crippen molar-refractivity contribution in [3.63, 3.8) is 0 Å². The molecule has 1 unspecified atom stereocenters. The number of methoxy groups -OCH3 is 1. The van der Waals surface area contributed by atoms with Crippen molar-refractivity contribution < 1.29 is 27.1 Å². The summed E-state index contributed by atoms with van der Waals surface area (Å²) in [4.78, 5) is 25.6. The molecule has 7 nitrogen and oxygen atoms in total. The average molecular weight is 432 g/mol. The number of carbonyl (C=O) groups is 2. The Morgan fingerprint density at radius 1 is 1.13 bits per heavy atom. The van der Waals surface area contributed by atoms with Crippen molar-refractivity contribution in [1.29, 1.82) is 0 Å². The van der Waals surface area contributed by atoms with E-state index in [0.717, 1.165) is 22.7 Å². The number of esters is 1. The number of fused-ring (bicyclic) bond motifs is 1. The Morgan fingerprint density at radius 3 is 2.33 bits per heavy atom. The number of ether oxygens (including phenoxy) is 1. The van der Waals surface area contributed by atoms with Crippen LogP contribution in [0.15, 0.2) is 54.7 Å². The summed E-state index contributed by atoms with van der Waals surface area (Å²) in [6.45, 7) is 1.68. The van der Waals surface area contributed by atoms with Crippen molar-refractivity contribution in [2.45, 2.75) is 19.4 Å². The third-order valence-electron chi connectivity index (χ3n) is 4.75. The highest BCUT2D eigenvalue weighted by Gasteiger charge is 2.33. The molecule has 0 aliphatic carbocycles.